The van der Waals surface area contributed by atoms with Crippen molar-refractivity contribution in [2.45, 2.75) is 38.1 Å². The van der Waals surface area contributed by atoms with E-state index in [1.807, 2.05) is 49.5 Å². The molecule has 2 aromatic carbocycles. The lowest BCUT2D eigenvalue weighted by atomic mass is 10.0. The van der Waals surface area contributed by atoms with E-state index in [4.69, 9.17) is 5.11 Å². The number of carboxylic acid groups (broad SMARTS) is 1. The molecule has 1 atom stereocenters. The van der Waals surface area contributed by atoms with E-state index in [0.29, 0.717) is 25.7 Å². The summed E-state index contributed by atoms with van der Waals surface area (Å²) >= 11 is 0. The normalized spacial score (nSPS) is 12.0. The number of aromatic nitrogens is 1. The van der Waals surface area contributed by atoms with Crippen LogP contribution >= 0.6 is 0 Å². The molecule has 2 N–H and O–H groups in total. The van der Waals surface area contributed by atoms with Crippen molar-refractivity contribution < 1.29 is 14.7 Å². The van der Waals surface area contributed by atoms with Crippen molar-refractivity contribution in [2.75, 3.05) is 0 Å². The van der Waals surface area contributed by atoms with Crippen LogP contribution < -0.4 is 5.32 Å². The van der Waals surface area contributed by atoms with Crippen molar-refractivity contribution in [1.82, 2.24) is 9.88 Å². The number of carboxylic acids is 1. The van der Waals surface area contributed by atoms with Crippen LogP contribution in [-0.2, 0) is 29.5 Å². The van der Waals surface area contributed by atoms with E-state index >= 15 is 0 Å². The predicted molar refractivity (Wildman–Crippen MR) is 110 cm³/mol. The van der Waals surface area contributed by atoms with Crippen molar-refractivity contribution in [3.63, 3.8) is 0 Å². The summed E-state index contributed by atoms with van der Waals surface area (Å²) in [6.07, 6.45) is 4.21. The molecule has 0 bridgehead atoms. The summed E-state index contributed by atoms with van der Waals surface area (Å²) in [5, 5.41) is 13.2. The average molecular weight is 378 g/mol. The number of nitrogens with zero attached hydrogens (tertiary/aromatic N) is 1. The van der Waals surface area contributed by atoms with Gasteiger partial charge in [-0.15, -0.1) is 0 Å². The van der Waals surface area contributed by atoms with Crippen LogP contribution in [0.25, 0.3) is 10.9 Å². The Bertz CT molecular complexity index is 947. The molecule has 0 aliphatic rings. The Morgan fingerprint density at radius 2 is 1.75 bits per heavy atom. The molecule has 3 rings (SSSR count). The number of benzene rings is 2. The molecule has 146 valence electrons. The van der Waals surface area contributed by atoms with Gasteiger partial charge in [0, 0.05) is 43.0 Å². The summed E-state index contributed by atoms with van der Waals surface area (Å²) < 4.78 is 2.08. The number of hydrogen-bond donors (Lipinski definition) is 2. The first-order chi connectivity index (χ1) is 13.5. The number of aryl methyl sites for hydroxylation is 2. The van der Waals surface area contributed by atoms with Crippen molar-refractivity contribution in [2.24, 2.45) is 7.05 Å². The number of para-hydroxylation sites is 1. The fourth-order valence-electron chi connectivity index (χ4n) is 3.59. The van der Waals surface area contributed by atoms with Gasteiger partial charge < -0.3 is 15.0 Å². The van der Waals surface area contributed by atoms with E-state index in [-0.39, 0.29) is 18.4 Å². The van der Waals surface area contributed by atoms with Gasteiger partial charge >= 0.3 is 5.97 Å². The van der Waals surface area contributed by atoms with Gasteiger partial charge in [-0.1, -0.05) is 48.5 Å². The van der Waals surface area contributed by atoms with E-state index in [9.17, 15) is 9.59 Å². The van der Waals surface area contributed by atoms with Crippen LogP contribution in [0.2, 0.25) is 0 Å². The van der Waals surface area contributed by atoms with Gasteiger partial charge in [0.05, 0.1) is 0 Å². The Morgan fingerprint density at radius 3 is 2.50 bits per heavy atom. The number of rotatable bonds is 9. The SMILES string of the molecule is Cn1cc(CCC(=O)NC(CCC(=O)O)Cc2ccccc2)c2ccccc21. The Balaban J connectivity index is 1.61. The van der Waals surface area contributed by atoms with Gasteiger partial charge in [0.1, 0.15) is 0 Å². The van der Waals surface area contributed by atoms with Crippen molar-refractivity contribution >= 4 is 22.8 Å². The van der Waals surface area contributed by atoms with Crippen LogP contribution in [0.4, 0.5) is 0 Å². The highest BCUT2D eigenvalue weighted by Gasteiger charge is 2.15. The molecule has 1 aromatic heterocycles. The standard InChI is InChI=1S/C23H26N2O3/c1-25-16-18(20-9-5-6-10-21(20)25)11-13-22(26)24-19(12-14-23(27)28)15-17-7-3-2-4-8-17/h2-10,16,19H,11-15H2,1H3,(H,24,26)(H,27,28). The molecule has 3 aromatic rings. The fourth-order valence-corrected chi connectivity index (χ4v) is 3.59. The third-order valence-electron chi connectivity index (χ3n) is 5.00. The monoisotopic (exact) mass is 378 g/mol. The molecule has 1 unspecified atom stereocenters. The van der Waals surface area contributed by atoms with E-state index in [0.717, 1.165) is 16.6 Å². The minimum absolute atomic E-state index is 0.0424. The number of hydrogen-bond acceptors (Lipinski definition) is 2. The maximum Gasteiger partial charge on any atom is 0.303 e. The second kappa shape index (κ2) is 9.22. The largest absolute Gasteiger partial charge is 0.481 e. The maximum absolute atomic E-state index is 12.5. The molecule has 0 aliphatic heterocycles. The highest BCUT2D eigenvalue weighted by molar-refractivity contribution is 5.85. The zero-order valence-electron chi connectivity index (χ0n) is 16.1. The van der Waals surface area contributed by atoms with Crippen molar-refractivity contribution in [3.8, 4) is 0 Å². The highest BCUT2D eigenvalue weighted by Crippen LogP contribution is 2.21. The molecule has 28 heavy (non-hydrogen) atoms. The van der Waals surface area contributed by atoms with E-state index in [1.165, 1.54) is 5.39 Å². The van der Waals surface area contributed by atoms with Crippen LogP contribution in [-0.4, -0.2) is 27.6 Å². The van der Waals surface area contributed by atoms with E-state index < -0.39 is 5.97 Å². The Labute approximate surface area is 165 Å². The summed E-state index contributed by atoms with van der Waals surface area (Å²) in [6.45, 7) is 0. The Morgan fingerprint density at radius 1 is 1.04 bits per heavy atom. The van der Waals surface area contributed by atoms with Crippen molar-refractivity contribution in [3.05, 3.63) is 71.9 Å². The van der Waals surface area contributed by atoms with Gasteiger partial charge in [0.2, 0.25) is 5.91 Å². The molecule has 1 heterocycles. The quantitative estimate of drug-likeness (QED) is 0.596. The maximum atomic E-state index is 12.5. The molecular formula is C23H26N2O3. The molecule has 1 amide bonds. The smallest absolute Gasteiger partial charge is 0.303 e. The first kappa shape index (κ1) is 19.7. The zero-order chi connectivity index (χ0) is 19.9. The molecule has 0 radical (unpaired) electrons. The number of amides is 1. The number of aliphatic carboxylic acids is 1. The molecule has 0 aliphatic carbocycles. The molecule has 0 fully saturated rings. The van der Waals surface area contributed by atoms with Crippen LogP contribution in [0, 0.1) is 0 Å². The van der Waals surface area contributed by atoms with E-state index in [1.54, 1.807) is 0 Å². The van der Waals surface area contributed by atoms with Crippen LogP contribution in [0.3, 0.4) is 0 Å². The second-order valence-electron chi connectivity index (χ2n) is 7.17. The topological polar surface area (TPSA) is 71.3 Å². The molecule has 0 spiro atoms. The Kier molecular flexibility index (Phi) is 6.48. The van der Waals surface area contributed by atoms with Gasteiger partial charge in [-0.2, -0.15) is 0 Å². The van der Waals surface area contributed by atoms with Crippen LogP contribution in [0.15, 0.2) is 60.8 Å². The summed E-state index contributed by atoms with van der Waals surface area (Å²) in [7, 11) is 2.01. The minimum atomic E-state index is -0.844. The number of fused-ring (bicyclic) bond motifs is 1. The third kappa shape index (κ3) is 5.22. The minimum Gasteiger partial charge on any atom is -0.481 e. The molecule has 0 saturated carbocycles. The lowest BCUT2D eigenvalue weighted by molar-refractivity contribution is -0.137. The second-order valence-corrected chi connectivity index (χ2v) is 7.17. The number of carbonyl (C=O) groups excluding carboxylic acids is 1. The van der Waals surface area contributed by atoms with Gasteiger partial charge in [-0.25, -0.2) is 0 Å². The summed E-state index contributed by atoms with van der Waals surface area (Å²) in [6, 6.07) is 17.8. The van der Waals surface area contributed by atoms with Crippen molar-refractivity contribution in [1.29, 1.82) is 0 Å². The summed E-state index contributed by atoms with van der Waals surface area (Å²) in [5.41, 5.74) is 3.40. The summed E-state index contributed by atoms with van der Waals surface area (Å²) in [5.74, 6) is -0.887. The molecule has 5 heteroatoms. The van der Waals surface area contributed by atoms with E-state index in [2.05, 4.69) is 28.2 Å². The molecular weight excluding hydrogens is 352 g/mol. The number of nitrogens with one attached hydrogen (secondary N) is 1. The van der Waals surface area contributed by atoms with Crippen LogP contribution in [0.1, 0.15) is 30.4 Å². The van der Waals surface area contributed by atoms with Gasteiger partial charge in [-0.3, -0.25) is 9.59 Å². The predicted octanol–water partition coefficient (Wildman–Crippen LogP) is 3.70. The lowest BCUT2D eigenvalue weighted by Crippen LogP contribution is -2.37. The molecule has 5 nitrogen and oxygen atoms in total. The fraction of sp³-hybridized carbons (Fsp3) is 0.304. The van der Waals surface area contributed by atoms with Gasteiger partial charge in [0.15, 0.2) is 0 Å². The van der Waals surface area contributed by atoms with Gasteiger partial charge in [0.25, 0.3) is 0 Å². The first-order valence-corrected chi connectivity index (χ1v) is 9.61. The Hall–Kier alpha value is -3.08. The third-order valence-corrected chi connectivity index (χ3v) is 5.00. The summed E-state index contributed by atoms with van der Waals surface area (Å²) in [4.78, 5) is 23.5. The van der Waals surface area contributed by atoms with Crippen LogP contribution in [0.5, 0.6) is 0 Å². The average Bonchev–Trinajstić information content (AvgIpc) is 3.01. The number of carbonyl (C=O) groups is 2. The lowest BCUT2D eigenvalue weighted by Gasteiger charge is -2.18. The van der Waals surface area contributed by atoms with Gasteiger partial charge in [-0.05, 0) is 36.5 Å². The molecule has 0 saturated heterocycles. The highest BCUT2D eigenvalue weighted by atomic mass is 16.4. The zero-order valence-corrected chi connectivity index (χ0v) is 16.1. The first-order valence-electron chi connectivity index (χ1n) is 9.61.